The van der Waals surface area contributed by atoms with Crippen LogP contribution in [0.5, 0.6) is 0 Å². The Kier molecular flexibility index (Phi) is 4.36. The molecule has 0 unspecified atom stereocenters. The second-order valence-electron chi connectivity index (χ2n) is 6.57. The van der Waals surface area contributed by atoms with Crippen molar-refractivity contribution >= 4 is 38.4 Å². The average Bonchev–Trinajstić information content (AvgIpc) is 3.07. The molecule has 2 aromatic carbocycles. The lowest BCUT2D eigenvalue weighted by Crippen LogP contribution is -2.37. The number of nitrogens with zero attached hydrogens (tertiary/aromatic N) is 2. The van der Waals surface area contributed by atoms with Gasteiger partial charge in [0, 0.05) is 16.5 Å². The topological polar surface area (TPSA) is 66.8 Å². The lowest BCUT2D eigenvalue weighted by Gasteiger charge is -2.24. The van der Waals surface area contributed by atoms with Crippen molar-refractivity contribution in [3.8, 4) is 0 Å². The predicted molar refractivity (Wildman–Crippen MR) is 106 cm³/mol. The number of thioether (sulfide) groups is 1. The van der Waals surface area contributed by atoms with Gasteiger partial charge in [0.2, 0.25) is 0 Å². The van der Waals surface area contributed by atoms with Gasteiger partial charge in [-0.15, -0.1) is 0 Å². The van der Waals surface area contributed by atoms with E-state index in [-0.39, 0.29) is 28.7 Å². The van der Waals surface area contributed by atoms with Gasteiger partial charge in [-0.05, 0) is 31.2 Å². The molecule has 0 aromatic heterocycles. The van der Waals surface area contributed by atoms with Gasteiger partial charge < -0.3 is 4.90 Å². The molecule has 4 rings (SSSR count). The largest absolute Gasteiger partial charge is 0.316 e. The average molecular weight is 386 g/mol. The zero-order valence-electron chi connectivity index (χ0n) is 14.2. The zero-order valence-corrected chi connectivity index (χ0v) is 15.8. The molecule has 2 aliphatic rings. The molecule has 26 heavy (non-hydrogen) atoms. The molecule has 2 aliphatic heterocycles. The molecule has 0 radical (unpaired) electrons. The molecule has 0 saturated carbocycles. The van der Waals surface area contributed by atoms with E-state index < -0.39 is 9.84 Å². The Morgan fingerprint density at radius 1 is 1.08 bits per heavy atom. The molecule has 0 aliphatic carbocycles. The molecule has 0 bridgehead atoms. The Bertz CT molecular complexity index is 970. The summed E-state index contributed by atoms with van der Waals surface area (Å²) in [4.78, 5) is 18.8. The van der Waals surface area contributed by atoms with Gasteiger partial charge in [-0.2, -0.15) is 4.99 Å². The van der Waals surface area contributed by atoms with Crippen molar-refractivity contribution in [2.75, 3.05) is 16.4 Å². The third kappa shape index (κ3) is 3.29. The summed E-state index contributed by atoms with van der Waals surface area (Å²) in [5.41, 5.74) is 2.51. The summed E-state index contributed by atoms with van der Waals surface area (Å²) in [5, 5.41) is 0.483. The fourth-order valence-corrected chi connectivity index (χ4v) is 7.22. The summed E-state index contributed by atoms with van der Waals surface area (Å²) in [5.74, 6) is -0.0894. The van der Waals surface area contributed by atoms with E-state index >= 15 is 0 Å². The van der Waals surface area contributed by atoms with E-state index in [2.05, 4.69) is 4.99 Å². The third-order valence-electron chi connectivity index (χ3n) is 4.60. The van der Waals surface area contributed by atoms with Gasteiger partial charge in [0.25, 0.3) is 5.91 Å². The number of benzene rings is 2. The maximum Gasteiger partial charge on any atom is 0.279 e. The van der Waals surface area contributed by atoms with Crippen LogP contribution in [0.25, 0.3) is 0 Å². The van der Waals surface area contributed by atoms with Crippen LogP contribution < -0.4 is 4.90 Å². The third-order valence-corrected chi connectivity index (χ3v) is 7.81. The normalized spacial score (nSPS) is 25.4. The number of rotatable bonds is 2. The number of amides is 1. The van der Waals surface area contributed by atoms with Crippen LogP contribution in [0.1, 0.15) is 15.9 Å². The highest BCUT2D eigenvalue weighted by molar-refractivity contribution is 8.16. The van der Waals surface area contributed by atoms with Crippen LogP contribution in [-0.2, 0) is 9.84 Å². The summed E-state index contributed by atoms with van der Waals surface area (Å²) in [6, 6.07) is 16.6. The van der Waals surface area contributed by atoms with Crippen LogP contribution >= 0.6 is 11.8 Å². The SMILES string of the molecule is Cc1ccc(N2C(=NC(=O)c3ccccc3)S[C@@H]3CS(=O)(=O)C[C@@H]32)cc1. The van der Waals surface area contributed by atoms with E-state index in [0.717, 1.165) is 11.3 Å². The van der Waals surface area contributed by atoms with Crippen LogP contribution in [0.15, 0.2) is 59.6 Å². The first-order valence-corrected chi connectivity index (χ1v) is 11.0. The van der Waals surface area contributed by atoms with Gasteiger partial charge in [-0.3, -0.25) is 4.79 Å². The summed E-state index contributed by atoms with van der Waals surface area (Å²) in [6.07, 6.45) is 0. The molecule has 1 amide bonds. The zero-order chi connectivity index (χ0) is 18.3. The molecule has 134 valence electrons. The van der Waals surface area contributed by atoms with Crippen molar-refractivity contribution < 1.29 is 13.2 Å². The van der Waals surface area contributed by atoms with Crippen molar-refractivity contribution in [2.45, 2.75) is 18.2 Å². The summed E-state index contributed by atoms with van der Waals surface area (Å²) >= 11 is 1.39. The lowest BCUT2D eigenvalue weighted by atomic mass is 10.1. The van der Waals surface area contributed by atoms with Crippen molar-refractivity contribution in [3.63, 3.8) is 0 Å². The number of aliphatic imine (C=N–C) groups is 1. The standard InChI is InChI=1S/C19H18N2O3S2/c1-13-7-9-15(10-8-13)21-16-11-26(23,24)12-17(16)25-19(21)20-18(22)14-5-3-2-4-6-14/h2-10,16-17H,11-12H2,1H3/t16-,17+/m0/s1. The summed E-state index contributed by atoms with van der Waals surface area (Å²) < 4.78 is 24.2. The highest BCUT2D eigenvalue weighted by atomic mass is 32.2. The first-order valence-electron chi connectivity index (χ1n) is 8.34. The van der Waals surface area contributed by atoms with Gasteiger partial charge in [0.1, 0.15) is 0 Å². The highest BCUT2D eigenvalue weighted by Crippen LogP contribution is 2.41. The molecule has 2 atom stereocenters. The first kappa shape index (κ1) is 17.3. The van der Waals surface area contributed by atoms with Crippen LogP contribution in [-0.4, -0.2) is 42.3 Å². The van der Waals surface area contributed by atoms with Crippen molar-refractivity contribution in [1.82, 2.24) is 0 Å². The van der Waals surface area contributed by atoms with Crippen LogP contribution in [0.3, 0.4) is 0 Å². The van der Waals surface area contributed by atoms with E-state index in [4.69, 9.17) is 0 Å². The van der Waals surface area contributed by atoms with Crippen molar-refractivity contribution in [2.24, 2.45) is 4.99 Å². The van der Waals surface area contributed by atoms with Crippen molar-refractivity contribution in [1.29, 1.82) is 0 Å². The number of hydrogen-bond donors (Lipinski definition) is 0. The molecular weight excluding hydrogens is 368 g/mol. The van der Waals surface area contributed by atoms with E-state index in [1.54, 1.807) is 24.3 Å². The van der Waals surface area contributed by atoms with Gasteiger partial charge in [0.05, 0.1) is 17.5 Å². The van der Waals surface area contributed by atoms with Crippen LogP contribution in [0.2, 0.25) is 0 Å². The minimum Gasteiger partial charge on any atom is -0.316 e. The van der Waals surface area contributed by atoms with E-state index in [1.165, 1.54) is 11.8 Å². The number of fused-ring (bicyclic) bond motifs is 1. The Balaban J connectivity index is 1.72. The smallest absolute Gasteiger partial charge is 0.279 e. The number of amidine groups is 1. The molecule has 5 nitrogen and oxygen atoms in total. The predicted octanol–water partition coefficient (Wildman–Crippen LogP) is 2.91. The molecule has 2 saturated heterocycles. The van der Waals surface area contributed by atoms with E-state index in [0.29, 0.717) is 10.7 Å². The number of carbonyl (C=O) groups excluding carboxylic acids is 1. The van der Waals surface area contributed by atoms with E-state index in [1.807, 2.05) is 42.2 Å². The minimum atomic E-state index is -3.06. The fraction of sp³-hybridized carbons (Fsp3) is 0.263. The minimum absolute atomic E-state index is 0.0939. The van der Waals surface area contributed by atoms with Gasteiger partial charge in [-0.1, -0.05) is 47.7 Å². The highest BCUT2D eigenvalue weighted by Gasteiger charge is 2.49. The number of sulfone groups is 1. The molecule has 7 heteroatoms. The molecule has 0 N–H and O–H groups in total. The lowest BCUT2D eigenvalue weighted by molar-refractivity contribution is 0.100. The molecule has 2 heterocycles. The molecule has 2 fully saturated rings. The van der Waals surface area contributed by atoms with E-state index in [9.17, 15) is 13.2 Å². The Morgan fingerprint density at radius 3 is 2.46 bits per heavy atom. The number of hydrogen-bond acceptors (Lipinski definition) is 4. The molecule has 2 aromatic rings. The Morgan fingerprint density at radius 2 is 1.77 bits per heavy atom. The summed E-state index contributed by atoms with van der Waals surface area (Å²) in [6.45, 7) is 2.00. The monoisotopic (exact) mass is 386 g/mol. The Labute approximate surface area is 157 Å². The second-order valence-corrected chi connectivity index (χ2v) is 9.93. The summed E-state index contributed by atoms with van der Waals surface area (Å²) in [7, 11) is -3.06. The molecular formula is C19H18N2O3S2. The maximum atomic E-state index is 12.5. The number of carbonyl (C=O) groups is 1. The fourth-order valence-electron chi connectivity index (χ4n) is 3.30. The molecule has 0 spiro atoms. The quantitative estimate of drug-likeness (QED) is 0.794. The van der Waals surface area contributed by atoms with Crippen molar-refractivity contribution in [3.05, 3.63) is 65.7 Å². The van der Waals surface area contributed by atoms with Gasteiger partial charge >= 0.3 is 0 Å². The van der Waals surface area contributed by atoms with Crippen LogP contribution in [0, 0.1) is 6.92 Å². The first-order chi connectivity index (χ1) is 12.4. The number of aryl methyl sites for hydroxylation is 1. The van der Waals surface area contributed by atoms with Gasteiger partial charge in [-0.25, -0.2) is 8.42 Å². The van der Waals surface area contributed by atoms with Gasteiger partial charge in [0.15, 0.2) is 15.0 Å². The second kappa shape index (κ2) is 6.55. The van der Waals surface area contributed by atoms with Crippen LogP contribution in [0.4, 0.5) is 5.69 Å². The number of anilines is 1. The Hall–Kier alpha value is -2.12. The maximum absolute atomic E-state index is 12.5.